The summed E-state index contributed by atoms with van der Waals surface area (Å²) in [6, 6.07) is 5.50. The Bertz CT molecular complexity index is 875. The molecule has 1 aromatic carbocycles. The molecular formula is C22H26BrNO4. The second kappa shape index (κ2) is 8.95. The van der Waals surface area contributed by atoms with E-state index in [1.165, 1.54) is 19.3 Å². The molecule has 2 aromatic rings. The van der Waals surface area contributed by atoms with Gasteiger partial charge in [0.25, 0.3) is 0 Å². The van der Waals surface area contributed by atoms with E-state index in [2.05, 4.69) is 15.9 Å². The molecule has 1 saturated carbocycles. The Morgan fingerprint density at radius 2 is 1.96 bits per heavy atom. The van der Waals surface area contributed by atoms with Crippen molar-refractivity contribution < 1.29 is 19.7 Å². The maximum atomic E-state index is 10.8. The third-order valence-corrected chi connectivity index (χ3v) is 6.47. The van der Waals surface area contributed by atoms with Crippen LogP contribution in [-0.4, -0.2) is 27.8 Å². The molecule has 6 heteroatoms. The third kappa shape index (κ3) is 4.66. The molecule has 0 saturated heterocycles. The Morgan fingerprint density at radius 1 is 1.25 bits per heavy atom. The maximum Gasteiger partial charge on any atom is 0.341 e. The Morgan fingerprint density at radius 3 is 2.64 bits per heavy atom. The number of nitrogens with zero attached hydrogens (tertiary/aromatic N) is 1. The summed E-state index contributed by atoms with van der Waals surface area (Å²) >= 11 is 3.54. The second-order valence-corrected chi connectivity index (χ2v) is 8.30. The highest BCUT2D eigenvalue weighted by atomic mass is 79.9. The van der Waals surface area contributed by atoms with Crippen LogP contribution in [0.3, 0.4) is 0 Å². The lowest BCUT2D eigenvalue weighted by atomic mass is 9.86. The molecule has 150 valence electrons. The van der Waals surface area contributed by atoms with Gasteiger partial charge in [-0.05, 0) is 77.5 Å². The topological polar surface area (TPSA) is 79.7 Å². The highest BCUT2D eigenvalue weighted by Gasteiger charge is 2.21. The first-order valence-corrected chi connectivity index (χ1v) is 10.5. The fraction of sp³-hybridized carbons (Fsp3) is 0.455. The number of rotatable bonds is 6. The van der Waals surface area contributed by atoms with Crippen LogP contribution in [0.4, 0.5) is 0 Å². The molecular weight excluding hydrogens is 422 g/mol. The molecule has 0 spiro atoms. The molecule has 0 amide bonds. The zero-order chi connectivity index (χ0) is 20.3. The van der Waals surface area contributed by atoms with E-state index in [1.807, 2.05) is 26.0 Å². The van der Waals surface area contributed by atoms with Crippen LogP contribution < -0.4 is 4.74 Å². The van der Waals surface area contributed by atoms with Crippen LogP contribution in [0.15, 0.2) is 22.7 Å². The number of aromatic hydroxyl groups is 1. The fourth-order valence-electron chi connectivity index (χ4n) is 3.94. The van der Waals surface area contributed by atoms with Crippen LogP contribution >= 0.6 is 15.9 Å². The number of hydrogen-bond donors (Lipinski definition) is 2. The summed E-state index contributed by atoms with van der Waals surface area (Å²) in [7, 11) is 0. The monoisotopic (exact) mass is 447 g/mol. The predicted molar refractivity (Wildman–Crippen MR) is 111 cm³/mol. The van der Waals surface area contributed by atoms with Crippen molar-refractivity contribution in [2.75, 3.05) is 6.61 Å². The van der Waals surface area contributed by atoms with Crippen molar-refractivity contribution in [1.82, 2.24) is 4.98 Å². The first-order chi connectivity index (χ1) is 13.4. The minimum Gasteiger partial charge on any atom is -0.506 e. The van der Waals surface area contributed by atoms with Gasteiger partial charge >= 0.3 is 5.97 Å². The van der Waals surface area contributed by atoms with Gasteiger partial charge in [-0.25, -0.2) is 4.79 Å². The number of ether oxygens (including phenoxy) is 1. The number of aryl methyl sites for hydroxylation is 1. The molecule has 0 atom stereocenters. The summed E-state index contributed by atoms with van der Waals surface area (Å²) < 4.78 is 6.15. The van der Waals surface area contributed by atoms with Crippen LogP contribution in [0.2, 0.25) is 0 Å². The number of aliphatic carboxylic acids is 1. The molecule has 0 bridgehead atoms. The quantitative estimate of drug-likeness (QED) is 0.630. The minimum absolute atomic E-state index is 0.294. The van der Waals surface area contributed by atoms with Crippen molar-refractivity contribution >= 4 is 21.9 Å². The fourth-order valence-corrected chi connectivity index (χ4v) is 4.41. The lowest BCUT2D eigenvalue weighted by molar-refractivity contribution is -0.139. The first-order valence-electron chi connectivity index (χ1n) is 9.68. The van der Waals surface area contributed by atoms with Gasteiger partial charge < -0.3 is 14.9 Å². The van der Waals surface area contributed by atoms with Crippen molar-refractivity contribution in [2.45, 2.75) is 58.3 Å². The summed E-state index contributed by atoms with van der Waals surface area (Å²) in [5.41, 5.74) is 4.91. The Labute approximate surface area is 173 Å². The van der Waals surface area contributed by atoms with Crippen LogP contribution in [-0.2, 0) is 11.2 Å². The average molecular weight is 448 g/mol. The molecule has 5 nitrogen and oxygen atoms in total. The lowest BCUT2D eigenvalue weighted by Crippen LogP contribution is -2.11. The first kappa shape index (κ1) is 20.6. The van der Waals surface area contributed by atoms with Crippen LogP contribution in [0.1, 0.15) is 66.1 Å². The number of aromatic nitrogens is 1. The summed E-state index contributed by atoms with van der Waals surface area (Å²) in [5, 5.41) is 19.2. The standard InChI is InChI=1S/C22H26BrNO4/c1-13-10-19(28-12-20(26)27)21(23)14(2)17(13)11-16-8-9-18(25)22(24-16)15-6-4-3-5-7-15/h8-10,15,25H,3-7,11-12H2,1-2H3,(H,26,27). The minimum atomic E-state index is -1.00. The van der Waals surface area contributed by atoms with E-state index in [1.54, 1.807) is 6.07 Å². The molecule has 1 fully saturated rings. The van der Waals surface area contributed by atoms with Crippen LogP contribution in [0, 0.1) is 13.8 Å². The van der Waals surface area contributed by atoms with Gasteiger partial charge in [-0.3, -0.25) is 4.98 Å². The lowest BCUT2D eigenvalue weighted by Gasteiger charge is -2.22. The van der Waals surface area contributed by atoms with E-state index < -0.39 is 5.97 Å². The Balaban J connectivity index is 1.87. The van der Waals surface area contributed by atoms with E-state index in [4.69, 9.17) is 14.8 Å². The van der Waals surface area contributed by atoms with Crippen LogP contribution in [0.25, 0.3) is 0 Å². The number of carboxylic acid groups (broad SMARTS) is 1. The zero-order valence-electron chi connectivity index (χ0n) is 16.3. The summed E-state index contributed by atoms with van der Waals surface area (Å²) in [6.45, 7) is 3.61. The smallest absolute Gasteiger partial charge is 0.341 e. The SMILES string of the molecule is Cc1cc(OCC(=O)O)c(Br)c(C)c1Cc1ccc(O)c(C2CCCCC2)n1. The van der Waals surface area contributed by atoms with Crippen molar-refractivity contribution in [3.63, 3.8) is 0 Å². The largest absolute Gasteiger partial charge is 0.506 e. The van der Waals surface area contributed by atoms with Gasteiger partial charge in [0.15, 0.2) is 6.61 Å². The summed E-state index contributed by atoms with van der Waals surface area (Å²) in [4.78, 5) is 15.6. The van der Waals surface area contributed by atoms with E-state index in [9.17, 15) is 9.90 Å². The van der Waals surface area contributed by atoms with E-state index in [-0.39, 0.29) is 6.61 Å². The zero-order valence-corrected chi connectivity index (χ0v) is 17.9. The Kier molecular flexibility index (Phi) is 6.60. The van der Waals surface area contributed by atoms with Crippen LogP contribution in [0.5, 0.6) is 11.5 Å². The number of carboxylic acids is 1. The normalized spacial score (nSPS) is 14.8. The van der Waals surface area contributed by atoms with Gasteiger partial charge in [0, 0.05) is 18.0 Å². The van der Waals surface area contributed by atoms with Crippen molar-refractivity contribution in [2.24, 2.45) is 0 Å². The molecule has 0 unspecified atom stereocenters. The number of pyridine rings is 1. The highest BCUT2D eigenvalue weighted by molar-refractivity contribution is 9.10. The summed E-state index contributed by atoms with van der Waals surface area (Å²) in [6.07, 6.45) is 6.47. The molecule has 2 N–H and O–H groups in total. The third-order valence-electron chi connectivity index (χ3n) is 5.48. The van der Waals surface area contributed by atoms with Crippen molar-refractivity contribution in [3.8, 4) is 11.5 Å². The van der Waals surface area contributed by atoms with Gasteiger partial charge in [0.05, 0.1) is 10.2 Å². The molecule has 1 aliphatic carbocycles. The van der Waals surface area contributed by atoms with E-state index in [0.717, 1.165) is 45.4 Å². The average Bonchev–Trinajstić information content (AvgIpc) is 2.68. The van der Waals surface area contributed by atoms with Gasteiger partial charge in [-0.1, -0.05) is 19.3 Å². The molecule has 1 heterocycles. The van der Waals surface area contributed by atoms with E-state index >= 15 is 0 Å². The molecule has 3 rings (SSSR count). The molecule has 0 radical (unpaired) electrons. The molecule has 1 aromatic heterocycles. The molecule has 28 heavy (non-hydrogen) atoms. The van der Waals surface area contributed by atoms with Crippen molar-refractivity contribution in [1.29, 1.82) is 0 Å². The second-order valence-electron chi connectivity index (χ2n) is 7.51. The van der Waals surface area contributed by atoms with Crippen molar-refractivity contribution in [3.05, 3.63) is 50.8 Å². The number of carbonyl (C=O) groups is 1. The Hall–Kier alpha value is -2.08. The highest BCUT2D eigenvalue weighted by Crippen LogP contribution is 2.37. The maximum absolute atomic E-state index is 10.8. The predicted octanol–water partition coefficient (Wildman–Crippen LogP) is 5.27. The van der Waals surface area contributed by atoms with Gasteiger partial charge in [-0.15, -0.1) is 0 Å². The molecule has 0 aliphatic heterocycles. The number of benzene rings is 1. The molecule has 1 aliphatic rings. The van der Waals surface area contributed by atoms with Gasteiger partial charge in [0.1, 0.15) is 11.5 Å². The summed E-state index contributed by atoms with van der Waals surface area (Å²) in [5.74, 6) is 0.162. The number of halogens is 1. The number of hydrogen-bond acceptors (Lipinski definition) is 4. The van der Waals surface area contributed by atoms with Gasteiger partial charge in [0.2, 0.25) is 0 Å². The van der Waals surface area contributed by atoms with Gasteiger partial charge in [-0.2, -0.15) is 0 Å². The van der Waals surface area contributed by atoms with E-state index in [0.29, 0.717) is 23.8 Å².